The Morgan fingerprint density at radius 2 is 2.25 bits per heavy atom. The summed E-state index contributed by atoms with van der Waals surface area (Å²) in [6, 6.07) is 0. The highest BCUT2D eigenvalue weighted by Gasteiger charge is 2.50. The fourth-order valence-electron chi connectivity index (χ4n) is 2.12. The predicted molar refractivity (Wildman–Crippen MR) is 38.3 cm³/mol. The van der Waals surface area contributed by atoms with Crippen LogP contribution in [0.25, 0.3) is 0 Å². The molecule has 0 unspecified atom stereocenters. The summed E-state index contributed by atoms with van der Waals surface area (Å²) in [6.07, 6.45) is 1.94. The summed E-state index contributed by atoms with van der Waals surface area (Å²) >= 11 is 0. The van der Waals surface area contributed by atoms with Gasteiger partial charge in [0.15, 0.2) is 0 Å². The van der Waals surface area contributed by atoms with Gasteiger partial charge in [-0.1, -0.05) is 0 Å². The zero-order valence-corrected chi connectivity index (χ0v) is 6.53. The molecule has 66 valence electrons. The Morgan fingerprint density at radius 3 is 2.75 bits per heavy atom. The molecule has 1 saturated carbocycles. The van der Waals surface area contributed by atoms with Crippen molar-refractivity contribution in [3.05, 3.63) is 0 Å². The van der Waals surface area contributed by atoms with Crippen molar-refractivity contribution < 1.29 is 19.4 Å². The van der Waals surface area contributed by atoms with Crippen LogP contribution < -0.4 is 0 Å². The number of carboxylic acid groups (broad SMARTS) is 1. The molecule has 0 amide bonds. The van der Waals surface area contributed by atoms with Gasteiger partial charge in [0.2, 0.25) is 0 Å². The van der Waals surface area contributed by atoms with E-state index in [1.807, 2.05) is 0 Å². The monoisotopic (exact) mass is 170 g/mol. The molecular weight excluding hydrogens is 160 g/mol. The summed E-state index contributed by atoms with van der Waals surface area (Å²) in [5.41, 5.74) is 0. The van der Waals surface area contributed by atoms with Gasteiger partial charge in [-0.15, -0.1) is 0 Å². The topological polar surface area (TPSA) is 63.6 Å². The van der Waals surface area contributed by atoms with Crippen LogP contribution in [0.3, 0.4) is 0 Å². The van der Waals surface area contributed by atoms with Crippen LogP contribution in [0.4, 0.5) is 0 Å². The Labute approximate surface area is 69.5 Å². The lowest BCUT2D eigenvalue weighted by Gasteiger charge is -2.21. The van der Waals surface area contributed by atoms with Gasteiger partial charge in [0.1, 0.15) is 12.0 Å². The van der Waals surface area contributed by atoms with Gasteiger partial charge in [-0.3, -0.25) is 9.59 Å². The lowest BCUT2D eigenvalue weighted by Crippen LogP contribution is -2.32. The summed E-state index contributed by atoms with van der Waals surface area (Å²) < 4.78 is 4.94. The van der Waals surface area contributed by atoms with Crippen molar-refractivity contribution >= 4 is 11.9 Å². The zero-order valence-electron chi connectivity index (χ0n) is 6.53. The lowest BCUT2D eigenvalue weighted by atomic mass is 9.80. The minimum absolute atomic E-state index is 0.315. The molecule has 1 heterocycles. The Morgan fingerprint density at radius 1 is 1.50 bits per heavy atom. The van der Waals surface area contributed by atoms with Crippen LogP contribution in [-0.2, 0) is 14.3 Å². The van der Waals surface area contributed by atoms with Crippen LogP contribution in [0, 0.1) is 11.8 Å². The van der Waals surface area contributed by atoms with Crippen molar-refractivity contribution in [1.82, 2.24) is 0 Å². The molecular formula is C8H10O4. The van der Waals surface area contributed by atoms with Gasteiger partial charge in [-0.05, 0) is 19.3 Å². The molecule has 0 aromatic rings. The molecule has 3 atom stereocenters. The first-order valence-electron chi connectivity index (χ1n) is 4.13. The van der Waals surface area contributed by atoms with Gasteiger partial charge in [0, 0.05) is 0 Å². The normalized spacial score (nSPS) is 39.3. The number of carboxylic acids is 1. The molecule has 1 saturated heterocycles. The average Bonchev–Trinajstić information content (AvgIpc) is 2.20. The summed E-state index contributed by atoms with van der Waals surface area (Å²) in [5, 5.41) is 8.80. The predicted octanol–water partition coefficient (Wildman–Crippen LogP) is 0.413. The molecule has 1 aliphatic carbocycles. The van der Waals surface area contributed by atoms with Crippen LogP contribution in [-0.4, -0.2) is 23.1 Å². The van der Waals surface area contributed by atoms with Gasteiger partial charge in [0.25, 0.3) is 0 Å². The molecule has 1 N–H and O–H groups in total. The summed E-state index contributed by atoms with van der Waals surface area (Å²) in [7, 11) is 0. The number of hydrogen-bond donors (Lipinski definition) is 1. The largest absolute Gasteiger partial charge is 0.481 e. The highest BCUT2D eigenvalue weighted by Crippen LogP contribution is 2.39. The molecule has 0 aromatic heterocycles. The van der Waals surface area contributed by atoms with Crippen molar-refractivity contribution in [2.45, 2.75) is 25.4 Å². The van der Waals surface area contributed by atoms with Gasteiger partial charge in [0.05, 0.1) is 5.92 Å². The van der Waals surface area contributed by atoms with Crippen molar-refractivity contribution in [2.75, 3.05) is 0 Å². The Kier molecular flexibility index (Phi) is 1.56. The van der Waals surface area contributed by atoms with Gasteiger partial charge >= 0.3 is 11.9 Å². The third-order valence-electron chi connectivity index (χ3n) is 2.69. The van der Waals surface area contributed by atoms with E-state index >= 15 is 0 Å². The van der Waals surface area contributed by atoms with E-state index in [1.54, 1.807) is 0 Å². The Bertz CT molecular complexity index is 235. The van der Waals surface area contributed by atoms with Crippen LogP contribution in [0.2, 0.25) is 0 Å². The number of esters is 1. The van der Waals surface area contributed by atoms with E-state index < -0.39 is 11.9 Å². The second kappa shape index (κ2) is 2.47. The minimum atomic E-state index is -0.893. The molecule has 2 fully saturated rings. The van der Waals surface area contributed by atoms with E-state index in [2.05, 4.69) is 0 Å². The lowest BCUT2D eigenvalue weighted by molar-refractivity contribution is -0.145. The number of carbonyl (C=O) groups excluding carboxylic acids is 1. The number of aliphatic carboxylic acids is 1. The average molecular weight is 170 g/mol. The third-order valence-corrected chi connectivity index (χ3v) is 2.69. The van der Waals surface area contributed by atoms with Crippen molar-refractivity contribution in [3.8, 4) is 0 Å². The summed E-state index contributed by atoms with van der Waals surface area (Å²) in [6.45, 7) is 0. The number of hydrogen-bond acceptors (Lipinski definition) is 3. The molecule has 1 aliphatic heterocycles. The first-order valence-corrected chi connectivity index (χ1v) is 4.13. The number of rotatable bonds is 1. The second-order valence-corrected chi connectivity index (χ2v) is 3.38. The molecule has 2 aliphatic rings. The zero-order chi connectivity index (χ0) is 8.72. The molecule has 0 spiro atoms. The standard InChI is InChI=1S/C8H10O4/c9-7(10)6-4-2-1-3-5(6)12-8(4)11/h4-6H,1-3H2,(H,9,10)/t4-,5+,6-/m0/s1. The van der Waals surface area contributed by atoms with Crippen LogP contribution in [0.1, 0.15) is 19.3 Å². The maximum absolute atomic E-state index is 11.1. The fraction of sp³-hybridized carbons (Fsp3) is 0.750. The maximum Gasteiger partial charge on any atom is 0.311 e. The fourth-order valence-corrected chi connectivity index (χ4v) is 2.12. The SMILES string of the molecule is O=C(O)[C@H]1[C@@H]2CCC[C@H]1OC2=O. The minimum Gasteiger partial charge on any atom is -0.481 e. The number of carbonyl (C=O) groups is 2. The summed E-state index contributed by atoms with van der Waals surface area (Å²) in [5.74, 6) is -2.16. The van der Waals surface area contributed by atoms with E-state index in [4.69, 9.17) is 9.84 Å². The molecule has 4 heteroatoms. The van der Waals surface area contributed by atoms with E-state index in [-0.39, 0.29) is 18.0 Å². The first kappa shape index (κ1) is 7.58. The molecule has 0 radical (unpaired) electrons. The Hall–Kier alpha value is -1.06. The van der Waals surface area contributed by atoms with E-state index in [0.29, 0.717) is 12.8 Å². The van der Waals surface area contributed by atoms with E-state index in [0.717, 1.165) is 6.42 Å². The van der Waals surface area contributed by atoms with Gasteiger partial charge < -0.3 is 9.84 Å². The molecule has 2 rings (SSSR count). The first-order chi connectivity index (χ1) is 5.70. The molecule has 4 nitrogen and oxygen atoms in total. The van der Waals surface area contributed by atoms with Crippen LogP contribution in [0.15, 0.2) is 0 Å². The van der Waals surface area contributed by atoms with Crippen molar-refractivity contribution in [1.29, 1.82) is 0 Å². The van der Waals surface area contributed by atoms with E-state index in [1.165, 1.54) is 0 Å². The summed E-state index contributed by atoms with van der Waals surface area (Å²) in [4.78, 5) is 21.8. The van der Waals surface area contributed by atoms with Crippen LogP contribution >= 0.6 is 0 Å². The second-order valence-electron chi connectivity index (χ2n) is 3.38. The van der Waals surface area contributed by atoms with Crippen molar-refractivity contribution in [3.63, 3.8) is 0 Å². The van der Waals surface area contributed by atoms with Crippen LogP contribution in [0.5, 0.6) is 0 Å². The molecule has 12 heavy (non-hydrogen) atoms. The van der Waals surface area contributed by atoms with Crippen molar-refractivity contribution in [2.24, 2.45) is 11.8 Å². The quantitative estimate of drug-likeness (QED) is 0.579. The number of ether oxygens (including phenoxy) is 1. The molecule has 0 aromatic carbocycles. The maximum atomic E-state index is 11.1. The highest BCUT2D eigenvalue weighted by atomic mass is 16.6. The smallest absolute Gasteiger partial charge is 0.311 e. The number of fused-ring (bicyclic) bond motifs is 2. The van der Waals surface area contributed by atoms with E-state index in [9.17, 15) is 9.59 Å². The van der Waals surface area contributed by atoms with Gasteiger partial charge in [-0.2, -0.15) is 0 Å². The Balaban J connectivity index is 2.25. The third kappa shape index (κ3) is 0.906. The van der Waals surface area contributed by atoms with Gasteiger partial charge in [-0.25, -0.2) is 0 Å². The molecule has 2 bridgehead atoms. The highest BCUT2D eigenvalue weighted by molar-refractivity contribution is 5.85.